The fourth-order valence-electron chi connectivity index (χ4n) is 13.8. The van der Waals surface area contributed by atoms with Crippen molar-refractivity contribution in [1.29, 1.82) is 0 Å². The van der Waals surface area contributed by atoms with Gasteiger partial charge in [-0.25, -0.2) is 0 Å². The molecule has 0 unspecified atom stereocenters. The van der Waals surface area contributed by atoms with Gasteiger partial charge in [0.15, 0.2) is 0 Å². The molecule has 0 spiro atoms. The minimum Gasteiger partial charge on any atom is -0.343 e. The van der Waals surface area contributed by atoms with Crippen molar-refractivity contribution in [2.45, 2.75) is 53.4 Å². The van der Waals surface area contributed by atoms with Gasteiger partial charge in [-0.15, -0.1) is 0 Å². The average molecular weight is 953 g/mol. The molecule has 0 saturated heterocycles. The Kier molecular flexibility index (Phi) is 9.27. The zero-order valence-electron chi connectivity index (χ0n) is 42.9. The highest BCUT2D eigenvalue weighted by atomic mass is 15.0. The lowest BCUT2D eigenvalue weighted by atomic mass is 9.90. The van der Waals surface area contributed by atoms with Gasteiger partial charge in [0.1, 0.15) is 0 Å². The number of para-hydroxylation sites is 4. The van der Waals surface area contributed by atoms with Crippen molar-refractivity contribution in [1.82, 2.24) is 18.3 Å². The van der Waals surface area contributed by atoms with Gasteiger partial charge in [-0.1, -0.05) is 121 Å². The van der Waals surface area contributed by atoms with Crippen LogP contribution in [0.4, 0.5) is 0 Å². The van der Waals surface area contributed by atoms with Crippen molar-refractivity contribution >= 4 is 87.2 Å². The van der Waals surface area contributed by atoms with Crippen molar-refractivity contribution in [3.63, 3.8) is 0 Å². The molecule has 0 N–H and O–H groups in total. The van der Waals surface area contributed by atoms with Crippen LogP contribution in [0.15, 0.2) is 182 Å². The molecule has 4 aromatic heterocycles. The molecule has 0 fully saturated rings. The first-order valence-electron chi connectivity index (χ1n) is 26.5. The maximum absolute atomic E-state index is 2.50. The largest absolute Gasteiger partial charge is 0.343 e. The maximum Gasteiger partial charge on any atom is 0.0541 e. The average Bonchev–Trinajstić information content (AvgIpc) is 4.13. The van der Waals surface area contributed by atoms with E-state index in [1.807, 2.05) is 0 Å². The molecule has 10 aromatic carbocycles. The van der Waals surface area contributed by atoms with Gasteiger partial charge >= 0.3 is 0 Å². The van der Waals surface area contributed by atoms with Crippen LogP contribution in [0.25, 0.3) is 121 Å². The zero-order chi connectivity index (χ0) is 49.7. The third-order valence-corrected chi connectivity index (χ3v) is 17.3. The molecule has 2 aliphatic rings. The molecule has 4 bridgehead atoms. The molecule has 0 amide bonds. The summed E-state index contributed by atoms with van der Waals surface area (Å²) in [4.78, 5) is 0. The van der Waals surface area contributed by atoms with E-state index in [4.69, 9.17) is 0 Å². The van der Waals surface area contributed by atoms with E-state index in [1.54, 1.807) is 0 Å². The van der Waals surface area contributed by atoms with Crippen molar-refractivity contribution in [3.05, 3.63) is 226 Å². The standard InChI is InChI=1S/C70H56N4/c1-41-37-63(73-59-19-11-7-15-51(59)52-16-8-12-20-60(52)73)43(3)35-57(41)49-31-33-55-65(39-49)71(5)69-47-27-25-45(67(55)69)23-24-46-26-28-48(30-29-47)70-68(46)56-34-32-50(40-66(56)72(70)6)58-36-44(4)64(38-42(58)2)74-61-21-13-9-17-53(61)54-18-10-14-22-62(54)74/h7-22,25-28,31-40H,23-24,29-30H2,1-6H3. The van der Waals surface area contributed by atoms with E-state index in [2.05, 4.69) is 242 Å². The molecule has 0 atom stereocenters. The second-order valence-electron chi connectivity index (χ2n) is 21.4. The van der Waals surface area contributed by atoms with Gasteiger partial charge in [-0.2, -0.15) is 0 Å². The Morgan fingerprint density at radius 2 is 0.635 bits per heavy atom. The van der Waals surface area contributed by atoms with Crippen LogP contribution in [-0.2, 0) is 39.8 Å². The van der Waals surface area contributed by atoms with Crippen LogP contribution in [0.2, 0.25) is 0 Å². The number of hydrogen-bond acceptors (Lipinski definition) is 0. The van der Waals surface area contributed by atoms with Gasteiger partial charge in [-0.05, 0) is 181 Å². The highest BCUT2D eigenvalue weighted by Gasteiger charge is 2.23. The summed E-state index contributed by atoms with van der Waals surface area (Å²) in [6.45, 7) is 9.10. The van der Waals surface area contributed by atoms with Gasteiger partial charge in [0.05, 0.1) is 33.1 Å². The highest BCUT2D eigenvalue weighted by molar-refractivity contribution is 6.14. The molecule has 0 saturated carbocycles. The van der Waals surface area contributed by atoms with Crippen LogP contribution in [0.5, 0.6) is 0 Å². The number of nitrogens with zero attached hydrogens (tertiary/aromatic N) is 4. The van der Waals surface area contributed by atoms with Crippen LogP contribution in [0.1, 0.15) is 44.5 Å². The first-order valence-corrected chi connectivity index (χ1v) is 26.5. The molecule has 74 heavy (non-hydrogen) atoms. The fourth-order valence-corrected chi connectivity index (χ4v) is 13.8. The zero-order valence-corrected chi connectivity index (χ0v) is 42.9. The molecule has 0 radical (unpaired) electrons. The van der Waals surface area contributed by atoms with Crippen LogP contribution < -0.4 is 0 Å². The molecule has 4 heteroatoms. The van der Waals surface area contributed by atoms with Crippen molar-refractivity contribution in [3.8, 4) is 33.6 Å². The number of rotatable bonds is 4. The Hall–Kier alpha value is -8.60. The Bertz CT molecular complexity index is 4330. The highest BCUT2D eigenvalue weighted by Crippen LogP contribution is 2.43. The number of aryl methyl sites for hydroxylation is 10. The Balaban J connectivity index is 0.800. The summed E-state index contributed by atoms with van der Waals surface area (Å²) in [5, 5.41) is 10.7. The summed E-state index contributed by atoms with van der Waals surface area (Å²) in [6.07, 6.45) is 3.88. The molecule has 2 aliphatic carbocycles. The summed E-state index contributed by atoms with van der Waals surface area (Å²) >= 11 is 0. The summed E-state index contributed by atoms with van der Waals surface area (Å²) < 4.78 is 9.91. The van der Waals surface area contributed by atoms with Gasteiger partial charge < -0.3 is 18.3 Å². The van der Waals surface area contributed by atoms with E-state index < -0.39 is 0 Å². The van der Waals surface area contributed by atoms with Crippen molar-refractivity contribution in [2.75, 3.05) is 0 Å². The smallest absolute Gasteiger partial charge is 0.0541 e. The monoisotopic (exact) mass is 952 g/mol. The maximum atomic E-state index is 2.50. The number of hydrogen-bond donors (Lipinski definition) is 0. The first-order chi connectivity index (χ1) is 36.2. The SMILES string of the molecule is Cc1cc(-n2c3ccccc3c3ccccc32)c(C)cc1-c1ccc2c3c4ccc(c3n(C)c2c1)CCc1ccc(c2c3ccc(-c5cc(C)c(-n6c7ccccc7c7ccccc76)cc5C)cc3n(C)c12)CC4. The first kappa shape index (κ1) is 43.0. The molecule has 4 nitrogen and oxygen atoms in total. The quantitative estimate of drug-likeness (QED) is 0.168. The molecular weight excluding hydrogens is 897 g/mol. The van der Waals surface area contributed by atoms with Crippen LogP contribution in [0.3, 0.4) is 0 Å². The van der Waals surface area contributed by atoms with Crippen LogP contribution in [0, 0.1) is 27.7 Å². The predicted molar refractivity (Wildman–Crippen MR) is 314 cm³/mol. The lowest BCUT2D eigenvalue weighted by Crippen LogP contribution is -2.03. The van der Waals surface area contributed by atoms with Crippen LogP contribution in [-0.4, -0.2) is 18.3 Å². The third-order valence-electron chi connectivity index (χ3n) is 17.3. The van der Waals surface area contributed by atoms with E-state index in [0.717, 1.165) is 25.7 Å². The Morgan fingerprint density at radius 3 is 1.01 bits per heavy atom. The van der Waals surface area contributed by atoms with Crippen molar-refractivity contribution < 1.29 is 0 Å². The predicted octanol–water partition coefficient (Wildman–Crippen LogP) is 17.6. The third kappa shape index (κ3) is 6.09. The van der Waals surface area contributed by atoms with E-state index >= 15 is 0 Å². The summed E-state index contributed by atoms with van der Waals surface area (Å²) in [5.74, 6) is 0. The van der Waals surface area contributed by atoms with Gasteiger partial charge in [-0.3, -0.25) is 0 Å². The lowest BCUT2D eigenvalue weighted by Gasteiger charge is -2.16. The molecule has 0 aliphatic heterocycles. The summed E-state index contributed by atoms with van der Waals surface area (Å²) in [5.41, 5.74) is 28.7. The minimum absolute atomic E-state index is 0.967. The lowest BCUT2D eigenvalue weighted by molar-refractivity contribution is 0.915. The molecule has 356 valence electrons. The van der Waals surface area contributed by atoms with E-state index in [-0.39, 0.29) is 0 Å². The molecule has 4 heterocycles. The Labute approximate surface area is 430 Å². The summed E-state index contributed by atoms with van der Waals surface area (Å²) in [6, 6.07) is 69.1. The van der Waals surface area contributed by atoms with Gasteiger partial charge in [0.25, 0.3) is 0 Å². The van der Waals surface area contributed by atoms with Crippen molar-refractivity contribution in [2.24, 2.45) is 14.1 Å². The molecular formula is C70H56N4. The molecule has 14 aromatic rings. The topological polar surface area (TPSA) is 19.7 Å². The normalized spacial score (nSPS) is 13.1. The summed E-state index contributed by atoms with van der Waals surface area (Å²) in [7, 11) is 4.59. The fraction of sp³-hybridized carbons (Fsp3) is 0.143. The second-order valence-corrected chi connectivity index (χ2v) is 21.4. The Morgan fingerprint density at radius 1 is 0.297 bits per heavy atom. The number of aromatic nitrogens is 4. The van der Waals surface area contributed by atoms with E-state index in [1.165, 1.54) is 165 Å². The number of benzene rings is 10. The van der Waals surface area contributed by atoms with Gasteiger partial charge in [0, 0.05) is 79.6 Å². The number of fused-ring (bicyclic) bond motifs is 13. The van der Waals surface area contributed by atoms with E-state index in [9.17, 15) is 0 Å². The minimum atomic E-state index is 0.967. The molecule has 16 rings (SSSR count). The van der Waals surface area contributed by atoms with E-state index in [0.29, 0.717) is 0 Å². The second kappa shape index (κ2) is 15.9. The van der Waals surface area contributed by atoms with Gasteiger partial charge in [0.2, 0.25) is 0 Å². The van der Waals surface area contributed by atoms with Crippen LogP contribution >= 0.6 is 0 Å².